The molecule has 1 aliphatic rings. The number of fused-ring (bicyclic) bond motifs is 6. The Hall–Kier alpha value is -3.32. The molecule has 5 aromatic carbocycles. The van der Waals surface area contributed by atoms with Gasteiger partial charge in [0.25, 0.3) is 0 Å². The molecule has 0 amide bonds. The maximum atomic E-state index is 3.71. The molecule has 1 heterocycles. The van der Waals surface area contributed by atoms with Crippen molar-refractivity contribution in [2.24, 2.45) is 0 Å². The van der Waals surface area contributed by atoms with Gasteiger partial charge in [0.15, 0.2) is 0 Å². The molecule has 1 N–H and O–H groups in total. The minimum absolute atomic E-state index is 1.20. The molecule has 0 atom stereocenters. The van der Waals surface area contributed by atoms with Crippen LogP contribution in [0.15, 0.2) is 84.9 Å². The average Bonchev–Trinajstić information content (AvgIpc) is 2.67. The summed E-state index contributed by atoms with van der Waals surface area (Å²) in [5, 5.41) is 11.5. The van der Waals surface area contributed by atoms with Crippen molar-refractivity contribution >= 4 is 43.7 Å². The van der Waals surface area contributed by atoms with Gasteiger partial charge >= 0.3 is 0 Å². The highest BCUT2D eigenvalue weighted by Gasteiger charge is 2.21. The van der Waals surface area contributed by atoms with Crippen molar-refractivity contribution in [3.8, 4) is 11.1 Å². The molecule has 116 valence electrons. The van der Waals surface area contributed by atoms with Gasteiger partial charge in [0.05, 0.1) is 5.69 Å². The van der Waals surface area contributed by atoms with Crippen LogP contribution in [-0.2, 0) is 0 Å². The standard InChI is InChI=1S/C24H15N/c1-4-10-19-15(6-1)12-13-20-23-18-9-3-2-7-16(18)14-17-8-5-11-21(22(17)23)25-24(19)20/h1-14,25H. The molecule has 1 heteroatoms. The van der Waals surface area contributed by atoms with E-state index in [1.807, 2.05) is 0 Å². The number of rotatable bonds is 0. The fourth-order valence-electron chi connectivity index (χ4n) is 4.26. The highest BCUT2D eigenvalue weighted by molar-refractivity contribution is 6.23. The summed E-state index contributed by atoms with van der Waals surface area (Å²) in [5.74, 6) is 0. The van der Waals surface area contributed by atoms with E-state index in [1.165, 1.54) is 54.8 Å². The van der Waals surface area contributed by atoms with Crippen molar-refractivity contribution in [2.75, 3.05) is 5.32 Å². The van der Waals surface area contributed by atoms with Crippen molar-refractivity contribution in [1.82, 2.24) is 0 Å². The maximum absolute atomic E-state index is 3.71. The first kappa shape index (κ1) is 13.0. The van der Waals surface area contributed by atoms with Gasteiger partial charge in [-0.05, 0) is 33.7 Å². The van der Waals surface area contributed by atoms with Crippen LogP contribution < -0.4 is 5.32 Å². The molecule has 0 radical (unpaired) electrons. The zero-order valence-corrected chi connectivity index (χ0v) is 13.6. The van der Waals surface area contributed by atoms with Crippen molar-refractivity contribution in [3.05, 3.63) is 84.9 Å². The third-order valence-corrected chi connectivity index (χ3v) is 5.35. The predicted molar refractivity (Wildman–Crippen MR) is 108 cm³/mol. The van der Waals surface area contributed by atoms with Gasteiger partial charge in [0.2, 0.25) is 0 Å². The van der Waals surface area contributed by atoms with E-state index in [4.69, 9.17) is 0 Å². The molecule has 25 heavy (non-hydrogen) atoms. The summed E-state index contributed by atoms with van der Waals surface area (Å²) in [6.45, 7) is 0. The summed E-state index contributed by atoms with van der Waals surface area (Å²) in [6.07, 6.45) is 0. The largest absolute Gasteiger partial charge is 0.354 e. The van der Waals surface area contributed by atoms with E-state index in [0.717, 1.165) is 0 Å². The molecule has 1 aliphatic heterocycles. The maximum Gasteiger partial charge on any atom is 0.0544 e. The average molecular weight is 317 g/mol. The van der Waals surface area contributed by atoms with Gasteiger partial charge in [-0.15, -0.1) is 0 Å². The lowest BCUT2D eigenvalue weighted by molar-refractivity contribution is 1.57. The summed E-state index contributed by atoms with van der Waals surface area (Å²) in [4.78, 5) is 0. The molecule has 0 spiro atoms. The minimum atomic E-state index is 1.20. The molecule has 0 bridgehead atoms. The van der Waals surface area contributed by atoms with Gasteiger partial charge in [0, 0.05) is 27.6 Å². The van der Waals surface area contributed by atoms with Crippen molar-refractivity contribution in [1.29, 1.82) is 0 Å². The topological polar surface area (TPSA) is 12.0 Å². The van der Waals surface area contributed by atoms with E-state index >= 15 is 0 Å². The number of nitrogens with one attached hydrogen (secondary N) is 1. The van der Waals surface area contributed by atoms with Crippen LogP contribution in [0.2, 0.25) is 0 Å². The van der Waals surface area contributed by atoms with Crippen LogP contribution >= 0.6 is 0 Å². The molecule has 1 nitrogen and oxygen atoms in total. The second-order valence-electron chi connectivity index (χ2n) is 6.71. The number of hydrogen-bond acceptors (Lipinski definition) is 1. The molecule has 0 saturated heterocycles. The molecule has 0 saturated carbocycles. The fraction of sp³-hybridized carbons (Fsp3) is 0. The van der Waals surface area contributed by atoms with Gasteiger partial charge in [-0.1, -0.05) is 72.8 Å². The van der Waals surface area contributed by atoms with E-state index in [2.05, 4.69) is 90.2 Å². The first-order valence-electron chi connectivity index (χ1n) is 8.64. The van der Waals surface area contributed by atoms with E-state index < -0.39 is 0 Å². The lowest BCUT2D eigenvalue weighted by Crippen LogP contribution is -2.02. The number of benzene rings is 5. The van der Waals surface area contributed by atoms with E-state index in [0.29, 0.717) is 0 Å². The minimum Gasteiger partial charge on any atom is -0.354 e. The zero-order chi connectivity index (χ0) is 16.4. The second-order valence-corrected chi connectivity index (χ2v) is 6.71. The lowest BCUT2D eigenvalue weighted by Gasteiger charge is -2.25. The third kappa shape index (κ3) is 1.67. The number of hydrogen-bond donors (Lipinski definition) is 1. The Kier molecular flexibility index (Phi) is 2.40. The van der Waals surface area contributed by atoms with Crippen LogP contribution in [0.5, 0.6) is 0 Å². The summed E-state index contributed by atoms with van der Waals surface area (Å²) in [6, 6.07) is 30.6. The van der Waals surface area contributed by atoms with Crippen LogP contribution in [0.25, 0.3) is 43.4 Å². The van der Waals surface area contributed by atoms with E-state index in [9.17, 15) is 0 Å². The Morgan fingerprint density at radius 3 is 2.24 bits per heavy atom. The number of anilines is 2. The van der Waals surface area contributed by atoms with Crippen LogP contribution in [0, 0.1) is 0 Å². The molecule has 0 fully saturated rings. The molecule has 0 aliphatic carbocycles. The quantitative estimate of drug-likeness (QED) is 0.301. The molecule has 5 aromatic rings. The summed E-state index contributed by atoms with van der Waals surface area (Å²) in [7, 11) is 0. The summed E-state index contributed by atoms with van der Waals surface area (Å²) >= 11 is 0. The smallest absolute Gasteiger partial charge is 0.0544 e. The Morgan fingerprint density at radius 2 is 1.32 bits per heavy atom. The highest BCUT2D eigenvalue weighted by Crippen LogP contribution is 2.49. The Bertz CT molecular complexity index is 1310. The zero-order valence-electron chi connectivity index (χ0n) is 13.6. The summed E-state index contributed by atoms with van der Waals surface area (Å²) in [5.41, 5.74) is 5.05. The van der Waals surface area contributed by atoms with Crippen LogP contribution in [0.1, 0.15) is 0 Å². The molecular weight excluding hydrogens is 302 g/mol. The first-order chi connectivity index (χ1) is 12.4. The fourth-order valence-corrected chi connectivity index (χ4v) is 4.26. The van der Waals surface area contributed by atoms with E-state index in [-0.39, 0.29) is 0 Å². The third-order valence-electron chi connectivity index (χ3n) is 5.35. The van der Waals surface area contributed by atoms with Crippen molar-refractivity contribution in [3.63, 3.8) is 0 Å². The SMILES string of the molecule is c1ccc2c3c(ccc2c1)-c1c2ccccc2cc2cccc(c12)N3. The van der Waals surface area contributed by atoms with Crippen molar-refractivity contribution in [2.45, 2.75) is 0 Å². The molecule has 0 aromatic heterocycles. The lowest BCUT2D eigenvalue weighted by atomic mass is 9.86. The molecule has 0 unspecified atom stereocenters. The second kappa shape index (κ2) is 4.61. The van der Waals surface area contributed by atoms with Gasteiger partial charge in [-0.3, -0.25) is 0 Å². The van der Waals surface area contributed by atoms with Crippen LogP contribution in [-0.4, -0.2) is 0 Å². The van der Waals surface area contributed by atoms with Gasteiger partial charge in [-0.25, -0.2) is 0 Å². The molecule has 6 rings (SSSR count). The van der Waals surface area contributed by atoms with Gasteiger partial charge in [0.1, 0.15) is 0 Å². The highest BCUT2D eigenvalue weighted by atomic mass is 14.9. The Morgan fingerprint density at radius 1 is 0.560 bits per heavy atom. The Balaban J connectivity index is 1.89. The first-order valence-corrected chi connectivity index (χ1v) is 8.64. The van der Waals surface area contributed by atoms with Crippen molar-refractivity contribution < 1.29 is 0 Å². The molecular formula is C24H15N. The van der Waals surface area contributed by atoms with Crippen LogP contribution in [0.3, 0.4) is 0 Å². The predicted octanol–water partition coefficient (Wildman–Crippen LogP) is 6.87. The summed E-state index contributed by atoms with van der Waals surface area (Å²) < 4.78 is 0. The Labute approximate surface area is 145 Å². The monoisotopic (exact) mass is 317 g/mol. The normalized spacial score (nSPS) is 12.3. The van der Waals surface area contributed by atoms with Gasteiger partial charge < -0.3 is 5.32 Å². The van der Waals surface area contributed by atoms with Crippen LogP contribution in [0.4, 0.5) is 11.4 Å². The van der Waals surface area contributed by atoms with E-state index in [1.54, 1.807) is 0 Å². The van der Waals surface area contributed by atoms with Gasteiger partial charge in [-0.2, -0.15) is 0 Å².